The molecular weight excluding hydrogens is 471 g/mol. The molecule has 0 aliphatic heterocycles. The third-order valence-corrected chi connectivity index (χ3v) is 6.77. The van der Waals surface area contributed by atoms with Gasteiger partial charge in [-0.05, 0) is 62.1 Å². The predicted molar refractivity (Wildman–Crippen MR) is 94.4 cm³/mol. The van der Waals surface area contributed by atoms with Crippen molar-refractivity contribution in [3.63, 3.8) is 0 Å². The average Bonchev–Trinajstić information content (AvgIpc) is 2.86. The summed E-state index contributed by atoms with van der Waals surface area (Å²) in [5.41, 5.74) is 2.04. The first-order valence-electron chi connectivity index (χ1n) is 5.82. The highest BCUT2D eigenvalue weighted by Gasteiger charge is 2.18. The van der Waals surface area contributed by atoms with Gasteiger partial charge in [0.2, 0.25) is 0 Å². The second-order valence-electron chi connectivity index (χ2n) is 4.34. The van der Waals surface area contributed by atoms with Crippen molar-refractivity contribution in [1.29, 1.82) is 0 Å². The van der Waals surface area contributed by atoms with Crippen molar-refractivity contribution >= 4 is 69.2 Å². The van der Waals surface area contributed by atoms with Crippen LogP contribution in [-0.4, -0.2) is 0 Å². The van der Waals surface area contributed by atoms with Crippen LogP contribution >= 0.6 is 59.1 Å². The molecule has 0 aliphatic carbocycles. The van der Waals surface area contributed by atoms with Crippen LogP contribution in [0.1, 0.15) is 16.0 Å². The van der Waals surface area contributed by atoms with E-state index >= 15 is 0 Å². The first kappa shape index (κ1) is 14.7. The molecule has 0 spiro atoms. The van der Waals surface area contributed by atoms with E-state index in [4.69, 9.17) is 0 Å². The van der Waals surface area contributed by atoms with Crippen LogP contribution in [0.5, 0.6) is 0 Å². The minimum atomic E-state index is -0.228. The van der Waals surface area contributed by atoms with E-state index in [1.807, 2.05) is 12.1 Å². The van der Waals surface area contributed by atoms with Crippen LogP contribution in [0.2, 0.25) is 0 Å². The van der Waals surface area contributed by atoms with Crippen LogP contribution in [0, 0.1) is 5.82 Å². The first-order valence-corrected chi connectivity index (χ1v) is 9.20. The highest BCUT2D eigenvalue weighted by Crippen LogP contribution is 2.42. The van der Waals surface area contributed by atoms with Crippen LogP contribution in [0.25, 0.3) is 10.1 Å². The molecular formula is C15H8Br3FS. The highest BCUT2D eigenvalue weighted by atomic mass is 79.9. The van der Waals surface area contributed by atoms with Crippen LogP contribution in [0.4, 0.5) is 4.39 Å². The molecule has 5 heteroatoms. The zero-order valence-corrected chi connectivity index (χ0v) is 15.6. The second kappa shape index (κ2) is 5.87. The molecule has 2 aromatic carbocycles. The number of benzene rings is 2. The summed E-state index contributed by atoms with van der Waals surface area (Å²) in [5.74, 6) is -0.228. The molecule has 0 saturated heterocycles. The molecule has 102 valence electrons. The van der Waals surface area contributed by atoms with E-state index in [9.17, 15) is 4.39 Å². The molecule has 0 aliphatic rings. The Hall–Kier alpha value is -0.230. The van der Waals surface area contributed by atoms with Gasteiger partial charge in [-0.15, -0.1) is 11.3 Å². The molecule has 0 radical (unpaired) electrons. The number of rotatable bonds is 2. The van der Waals surface area contributed by atoms with Gasteiger partial charge in [-0.25, -0.2) is 4.39 Å². The van der Waals surface area contributed by atoms with Crippen molar-refractivity contribution in [2.75, 3.05) is 0 Å². The monoisotopic (exact) mass is 476 g/mol. The van der Waals surface area contributed by atoms with Gasteiger partial charge in [0.1, 0.15) is 5.82 Å². The van der Waals surface area contributed by atoms with Crippen molar-refractivity contribution < 1.29 is 4.39 Å². The van der Waals surface area contributed by atoms with Crippen LogP contribution < -0.4 is 0 Å². The maximum absolute atomic E-state index is 13.5. The van der Waals surface area contributed by atoms with Gasteiger partial charge in [-0.2, -0.15) is 0 Å². The summed E-state index contributed by atoms with van der Waals surface area (Å²) in [5, 5.41) is 3.30. The summed E-state index contributed by atoms with van der Waals surface area (Å²) in [6.07, 6.45) is 0. The van der Waals surface area contributed by atoms with Gasteiger partial charge in [0, 0.05) is 13.6 Å². The van der Waals surface area contributed by atoms with Gasteiger partial charge in [-0.1, -0.05) is 44.0 Å². The summed E-state index contributed by atoms with van der Waals surface area (Å²) >= 11 is 12.4. The summed E-state index contributed by atoms with van der Waals surface area (Å²) in [6.45, 7) is 0. The number of halogens is 4. The lowest BCUT2D eigenvalue weighted by molar-refractivity contribution is 0.625. The molecule has 0 bridgehead atoms. The van der Waals surface area contributed by atoms with Crippen LogP contribution in [0.3, 0.4) is 0 Å². The minimum absolute atomic E-state index is 0.0457. The van der Waals surface area contributed by atoms with Crippen LogP contribution in [0.15, 0.2) is 50.7 Å². The molecule has 3 rings (SSSR count). The lowest BCUT2D eigenvalue weighted by Crippen LogP contribution is -1.94. The van der Waals surface area contributed by atoms with Crippen molar-refractivity contribution in [2.24, 2.45) is 0 Å². The maximum atomic E-state index is 13.5. The fourth-order valence-corrected chi connectivity index (χ4v) is 5.48. The Morgan fingerprint density at radius 3 is 2.60 bits per heavy atom. The Morgan fingerprint density at radius 2 is 1.80 bits per heavy atom. The normalized spacial score (nSPS) is 12.8. The van der Waals surface area contributed by atoms with Gasteiger partial charge in [0.25, 0.3) is 0 Å². The van der Waals surface area contributed by atoms with Crippen molar-refractivity contribution in [3.05, 3.63) is 67.7 Å². The van der Waals surface area contributed by atoms with E-state index in [-0.39, 0.29) is 10.6 Å². The maximum Gasteiger partial charge on any atom is 0.123 e. The molecule has 0 nitrogen and oxygen atoms in total. The molecule has 3 aromatic rings. The van der Waals surface area contributed by atoms with E-state index in [1.54, 1.807) is 23.5 Å². The van der Waals surface area contributed by atoms with Crippen molar-refractivity contribution in [2.45, 2.75) is 4.83 Å². The quantitative estimate of drug-likeness (QED) is 0.346. The fraction of sp³-hybridized carbons (Fsp3) is 0.0667. The average molecular weight is 479 g/mol. The van der Waals surface area contributed by atoms with E-state index in [0.29, 0.717) is 0 Å². The van der Waals surface area contributed by atoms with E-state index < -0.39 is 0 Å². The van der Waals surface area contributed by atoms with Gasteiger partial charge in [0.05, 0.1) is 4.83 Å². The number of fused-ring (bicyclic) bond motifs is 1. The molecule has 1 aromatic heterocycles. The van der Waals surface area contributed by atoms with E-state index in [2.05, 4.69) is 59.2 Å². The van der Waals surface area contributed by atoms with Gasteiger partial charge in [0.15, 0.2) is 0 Å². The van der Waals surface area contributed by atoms with Gasteiger partial charge < -0.3 is 0 Å². The van der Waals surface area contributed by atoms with E-state index in [1.165, 1.54) is 16.2 Å². The highest BCUT2D eigenvalue weighted by molar-refractivity contribution is 9.11. The van der Waals surface area contributed by atoms with Crippen LogP contribution in [-0.2, 0) is 0 Å². The zero-order valence-electron chi connectivity index (χ0n) is 10.0. The van der Waals surface area contributed by atoms with Gasteiger partial charge in [-0.3, -0.25) is 0 Å². The largest absolute Gasteiger partial charge is 0.207 e. The summed E-state index contributed by atoms with van der Waals surface area (Å²) in [4.78, 5) is -0.0457. The Labute approximate surface area is 145 Å². The standard InChI is InChI=1S/C15H8Br3FS/c16-12-5-4-8(19)6-10(12)14(18)11-7-20-15-9(11)2-1-3-13(15)17/h1-7,14H. The fourth-order valence-electron chi connectivity index (χ4n) is 2.11. The summed E-state index contributed by atoms with van der Waals surface area (Å²) < 4.78 is 16.7. The molecule has 1 unspecified atom stereocenters. The number of hydrogen-bond donors (Lipinski definition) is 0. The number of hydrogen-bond acceptors (Lipinski definition) is 1. The first-order chi connectivity index (χ1) is 9.58. The SMILES string of the molecule is Fc1ccc(Br)c(C(Br)c2csc3c(Br)cccc23)c1. The van der Waals surface area contributed by atoms with Gasteiger partial charge >= 0.3 is 0 Å². The molecule has 1 atom stereocenters. The molecule has 0 N–H and O–H groups in total. The lowest BCUT2D eigenvalue weighted by Gasteiger charge is -2.12. The topological polar surface area (TPSA) is 0 Å². The predicted octanol–water partition coefficient (Wildman–Crippen LogP) is 7.05. The summed E-state index contributed by atoms with van der Waals surface area (Å²) in [6, 6.07) is 10.9. The molecule has 20 heavy (non-hydrogen) atoms. The third-order valence-electron chi connectivity index (χ3n) is 3.09. The van der Waals surface area contributed by atoms with Crippen molar-refractivity contribution in [3.8, 4) is 0 Å². The molecule has 0 amide bonds. The lowest BCUT2D eigenvalue weighted by atomic mass is 10.0. The Bertz CT molecular complexity index is 782. The summed E-state index contributed by atoms with van der Waals surface area (Å²) in [7, 11) is 0. The Kier molecular flexibility index (Phi) is 4.32. The molecule has 0 saturated carbocycles. The Balaban J connectivity index is 2.15. The molecule has 1 heterocycles. The minimum Gasteiger partial charge on any atom is -0.207 e. The second-order valence-corrected chi connectivity index (χ2v) is 7.84. The van der Waals surface area contributed by atoms with E-state index in [0.717, 1.165) is 20.1 Å². The molecule has 0 fully saturated rings. The van der Waals surface area contributed by atoms with Crippen molar-refractivity contribution in [1.82, 2.24) is 0 Å². The zero-order chi connectivity index (χ0) is 14.3. The Morgan fingerprint density at radius 1 is 1.00 bits per heavy atom. The smallest absolute Gasteiger partial charge is 0.123 e. The number of alkyl halides is 1. The third kappa shape index (κ3) is 2.61. The number of thiophene rings is 1.